The van der Waals surface area contributed by atoms with Gasteiger partial charge >= 0.3 is 0 Å². The normalized spacial score (nSPS) is 23.3. The summed E-state index contributed by atoms with van der Waals surface area (Å²) in [6.45, 7) is 2.50. The third kappa shape index (κ3) is 3.29. The molecule has 3 rings (SSSR count). The molecule has 0 aliphatic carbocycles. The van der Waals surface area contributed by atoms with Crippen LogP contribution in [0, 0.1) is 5.82 Å². The molecule has 2 aromatic rings. The van der Waals surface area contributed by atoms with Crippen LogP contribution in [-0.4, -0.2) is 23.8 Å². The Kier molecular flexibility index (Phi) is 4.49. The summed E-state index contributed by atoms with van der Waals surface area (Å²) < 4.78 is 40.9. The molecule has 0 unspecified atom stereocenters. The second kappa shape index (κ2) is 6.40. The van der Waals surface area contributed by atoms with Crippen LogP contribution in [0.4, 0.5) is 13.2 Å². The number of nitrogens with two attached hydrogens (primary N) is 1. The zero-order valence-corrected chi connectivity index (χ0v) is 15.2. The minimum absolute atomic E-state index is 0.0136. The maximum absolute atomic E-state index is 13.8. The van der Waals surface area contributed by atoms with Crippen LogP contribution in [0.1, 0.15) is 36.5 Å². The van der Waals surface area contributed by atoms with E-state index in [9.17, 15) is 18.0 Å². The number of guanidine groups is 1. The first-order valence-electron chi connectivity index (χ1n) is 8.41. The smallest absolute Gasteiger partial charge is 0.270 e. The van der Waals surface area contributed by atoms with Crippen LogP contribution < -0.4 is 5.73 Å². The number of carbonyl (C=O) groups is 1. The van der Waals surface area contributed by atoms with E-state index in [1.807, 2.05) is 0 Å². The van der Waals surface area contributed by atoms with Crippen LogP contribution in [-0.2, 0) is 16.3 Å². The fourth-order valence-corrected chi connectivity index (χ4v) is 3.39. The van der Waals surface area contributed by atoms with Crippen molar-refractivity contribution < 1.29 is 18.0 Å². The van der Waals surface area contributed by atoms with Gasteiger partial charge < -0.3 is 5.73 Å². The lowest BCUT2D eigenvalue weighted by atomic mass is 9.74. The summed E-state index contributed by atoms with van der Waals surface area (Å²) in [4.78, 5) is 18.7. The second-order valence-corrected chi connectivity index (χ2v) is 6.97. The Morgan fingerprint density at radius 2 is 1.81 bits per heavy atom. The number of benzene rings is 2. The molecule has 0 fully saturated rings. The fraction of sp³-hybridized carbons (Fsp3) is 0.300. The largest absolute Gasteiger partial charge is 0.369 e. The summed E-state index contributed by atoms with van der Waals surface area (Å²) in [6.07, 6.45) is 0. The molecule has 0 bridgehead atoms. The molecule has 1 aliphatic rings. The molecular weight excluding hydrogens is 355 g/mol. The van der Waals surface area contributed by atoms with Crippen molar-refractivity contribution in [2.45, 2.75) is 31.2 Å². The van der Waals surface area contributed by atoms with Crippen molar-refractivity contribution in [1.82, 2.24) is 4.90 Å². The van der Waals surface area contributed by atoms with E-state index < -0.39 is 23.2 Å². The molecule has 142 valence electrons. The highest BCUT2D eigenvalue weighted by Gasteiger charge is 2.47. The first-order chi connectivity index (χ1) is 12.5. The van der Waals surface area contributed by atoms with Crippen molar-refractivity contribution in [2.24, 2.45) is 10.7 Å². The van der Waals surface area contributed by atoms with Crippen molar-refractivity contribution >= 4 is 11.9 Å². The van der Waals surface area contributed by atoms with E-state index in [-0.39, 0.29) is 17.4 Å². The number of carbonyl (C=O) groups excluding carboxylic acids is 1. The summed E-state index contributed by atoms with van der Waals surface area (Å²) in [6, 6.07) is 11.3. The van der Waals surface area contributed by atoms with Gasteiger partial charge in [-0.05, 0) is 30.2 Å². The Labute approximate surface area is 155 Å². The van der Waals surface area contributed by atoms with Gasteiger partial charge in [-0.1, -0.05) is 36.4 Å². The zero-order chi connectivity index (χ0) is 20.0. The molecule has 0 radical (unpaired) electrons. The van der Waals surface area contributed by atoms with Gasteiger partial charge in [-0.2, -0.15) is 0 Å². The molecule has 27 heavy (non-hydrogen) atoms. The van der Waals surface area contributed by atoms with E-state index in [2.05, 4.69) is 4.99 Å². The maximum atomic E-state index is 13.8. The zero-order valence-electron chi connectivity index (χ0n) is 15.2. The molecule has 0 saturated heterocycles. The summed E-state index contributed by atoms with van der Waals surface area (Å²) in [5, 5.41) is 0. The van der Waals surface area contributed by atoms with Crippen LogP contribution in [0.2, 0.25) is 0 Å². The van der Waals surface area contributed by atoms with Crippen LogP contribution >= 0.6 is 0 Å². The molecule has 7 heteroatoms. The number of alkyl halides is 2. The topological polar surface area (TPSA) is 58.7 Å². The average molecular weight is 375 g/mol. The Hall–Kier alpha value is -2.83. The molecule has 1 amide bonds. The summed E-state index contributed by atoms with van der Waals surface area (Å²) >= 11 is 0. The van der Waals surface area contributed by atoms with Gasteiger partial charge in [-0.3, -0.25) is 9.69 Å². The molecule has 2 aromatic carbocycles. The van der Waals surface area contributed by atoms with E-state index >= 15 is 0 Å². The van der Waals surface area contributed by atoms with Crippen molar-refractivity contribution in [3.05, 3.63) is 71.0 Å². The Balaban J connectivity index is 2.16. The van der Waals surface area contributed by atoms with E-state index in [0.29, 0.717) is 11.1 Å². The van der Waals surface area contributed by atoms with Gasteiger partial charge in [0.1, 0.15) is 11.4 Å². The Morgan fingerprint density at radius 1 is 1.19 bits per heavy atom. The number of likely N-dealkylation sites (N-methyl/N-ethyl adjacent to an activating group) is 1. The third-order valence-electron chi connectivity index (χ3n) is 4.99. The predicted molar refractivity (Wildman–Crippen MR) is 96.9 cm³/mol. The molecule has 1 heterocycles. The third-order valence-corrected chi connectivity index (χ3v) is 4.99. The predicted octanol–water partition coefficient (Wildman–Crippen LogP) is 3.72. The first-order valence-corrected chi connectivity index (χ1v) is 8.41. The summed E-state index contributed by atoms with van der Waals surface area (Å²) in [7, 11) is 1.49. The number of amides is 1. The highest BCUT2D eigenvalue weighted by atomic mass is 19.3. The summed E-state index contributed by atoms with van der Waals surface area (Å²) in [5.41, 5.74) is 5.55. The van der Waals surface area contributed by atoms with Crippen LogP contribution in [0.25, 0.3) is 0 Å². The van der Waals surface area contributed by atoms with Crippen LogP contribution in [0.3, 0.4) is 0 Å². The number of halogens is 3. The number of aliphatic imine (C=N–C) groups is 1. The highest BCUT2D eigenvalue weighted by Crippen LogP contribution is 2.44. The van der Waals surface area contributed by atoms with Crippen molar-refractivity contribution in [3.63, 3.8) is 0 Å². The molecule has 0 saturated carbocycles. The van der Waals surface area contributed by atoms with Gasteiger partial charge in [-0.15, -0.1) is 0 Å². The molecule has 4 nitrogen and oxygen atoms in total. The van der Waals surface area contributed by atoms with Crippen molar-refractivity contribution in [1.29, 1.82) is 0 Å². The minimum atomic E-state index is -2.99. The Bertz CT molecular complexity index is 905. The molecule has 2 atom stereocenters. The molecule has 0 aromatic heterocycles. The monoisotopic (exact) mass is 375 g/mol. The number of nitrogens with zero attached hydrogens (tertiary/aromatic N) is 2. The number of rotatable bonds is 3. The Morgan fingerprint density at radius 3 is 2.37 bits per heavy atom. The minimum Gasteiger partial charge on any atom is -0.369 e. The van der Waals surface area contributed by atoms with E-state index in [4.69, 9.17) is 5.73 Å². The first kappa shape index (κ1) is 18.9. The van der Waals surface area contributed by atoms with Gasteiger partial charge in [-0.25, -0.2) is 18.2 Å². The molecule has 2 N–H and O–H groups in total. The van der Waals surface area contributed by atoms with Crippen LogP contribution in [0.15, 0.2) is 53.5 Å². The molecule has 0 spiro atoms. The maximum Gasteiger partial charge on any atom is 0.270 e. The lowest BCUT2D eigenvalue weighted by molar-refractivity contribution is -0.130. The fourth-order valence-electron chi connectivity index (χ4n) is 3.39. The van der Waals surface area contributed by atoms with Gasteiger partial charge in [0.2, 0.25) is 5.91 Å². The van der Waals surface area contributed by atoms with Gasteiger partial charge in [0.25, 0.3) is 5.92 Å². The van der Waals surface area contributed by atoms with Crippen molar-refractivity contribution in [2.75, 3.05) is 7.05 Å². The average Bonchev–Trinajstić information content (AvgIpc) is 2.59. The molecular formula is C20H20F3N3O. The van der Waals surface area contributed by atoms with Gasteiger partial charge in [0, 0.05) is 19.5 Å². The van der Waals surface area contributed by atoms with E-state index in [1.54, 1.807) is 13.0 Å². The quantitative estimate of drug-likeness (QED) is 0.889. The van der Waals surface area contributed by atoms with Gasteiger partial charge in [0.05, 0.1) is 5.92 Å². The van der Waals surface area contributed by atoms with E-state index in [1.165, 1.54) is 54.4 Å². The van der Waals surface area contributed by atoms with Crippen molar-refractivity contribution in [3.8, 4) is 0 Å². The van der Waals surface area contributed by atoms with E-state index in [0.717, 1.165) is 6.92 Å². The SMILES string of the molecule is CN1C(=O)[C@@H](c2ccc(C(C)(F)F)cc2)[C@@](C)(c2cccc(F)c2)N=C1N. The number of hydrogen-bond acceptors (Lipinski definition) is 3. The summed E-state index contributed by atoms with van der Waals surface area (Å²) in [5.74, 6) is -4.62. The second-order valence-electron chi connectivity index (χ2n) is 6.97. The standard InChI is InChI=1S/C20H20F3N3O/c1-19(14-5-4-6-15(21)11-14)16(17(27)26(3)18(24)25-19)12-7-9-13(10-8-12)20(2,22)23/h4-11,16H,1-3H3,(H2,24,25)/t16-,19-/m1/s1. The molecule has 1 aliphatic heterocycles. The van der Waals surface area contributed by atoms with Crippen LogP contribution in [0.5, 0.6) is 0 Å². The highest BCUT2D eigenvalue weighted by molar-refractivity contribution is 6.02. The van der Waals surface area contributed by atoms with Gasteiger partial charge in [0.15, 0.2) is 5.96 Å². The lowest BCUT2D eigenvalue weighted by Gasteiger charge is -2.41. The lowest BCUT2D eigenvalue weighted by Crippen LogP contribution is -2.52. The number of hydrogen-bond donors (Lipinski definition) is 1.